The van der Waals surface area contributed by atoms with Crippen LogP contribution in [0.4, 0.5) is 0 Å². The summed E-state index contributed by atoms with van der Waals surface area (Å²) in [6.45, 7) is 13.1. The van der Waals surface area contributed by atoms with Crippen molar-refractivity contribution >= 4 is 45.4 Å². The number of amides is 3. The summed E-state index contributed by atoms with van der Waals surface area (Å²) in [4.78, 5) is 49.4. The maximum Gasteiger partial charge on any atom is 0.247 e. The summed E-state index contributed by atoms with van der Waals surface area (Å²) in [6, 6.07) is 18.3. The van der Waals surface area contributed by atoms with Crippen LogP contribution in [0.25, 0.3) is 0 Å². The van der Waals surface area contributed by atoms with Crippen molar-refractivity contribution in [3.63, 3.8) is 0 Å². The predicted molar refractivity (Wildman–Crippen MR) is 183 cm³/mol. The molecule has 1 spiro atoms. The molecule has 5 rings (SSSR count). The molecule has 3 aliphatic rings. The molecule has 0 radical (unpaired) electrons. The van der Waals surface area contributed by atoms with Crippen LogP contribution in [0.2, 0.25) is 0 Å². The van der Waals surface area contributed by atoms with E-state index in [4.69, 9.17) is 0 Å². The number of benzene rings is 2. The van der Waals surface area contributed by atoms with Gasteiger partial charge in [-0.15, -0.1) is 24.9 Å². The third-order valence-electron chi connectivity index (χ3n) is 9.35. The maximum absolute atomic E-state index is 14.9. The van der Waals surface area contributed by atoms with Crippen LogP contribution in [-0.4, -0.2) is 84.1 Å². The number of alkyl halides is 1. The number of nitrogens with zero attached hydrogens (tertiary/aromatic N) is 3. The number of aliphatic hydroxyl groups is 1. The highest BCUT2D eigenvalue weighted by molar-refractivity contribution is 9.09. The Morgan fingerprint density at radius 3 is 2.02 bits per heavy atom. The summed E-state index contributed by atoms with van der Waals surface area (Å²) in [7, 11) is 0. The molecular weight excluding hydrogens is 650 g/mol. The van der Waals surface area contributed by atoms with E-state index in [9.17, 15) is 19.5 Å². The summed E-state index contributed by atoms with van der Waals surface area (Å²) >= 11 is 5.52. The Bertz CT molecular complexity index is 1390. The number of carbonyl (C=O) groups is 3. The topological polar surface area (TPSA) is 81.2 Å². The van der Waals surface area contributed by atoms with E-state index in [1.165, 1.54) is 0 Å². The fourth-order valence-electron chi connectivity index (χ4n) is 7.61. The zero-order chi connectivity index (χ0) is 32.3. The first kappa shape index (κ1) is 33.5. The number of fused-ring (bicyclic) bond motifs is 1. The summed E-state index contributed by atoms with van der Waals surface area (Å²) in [5.74, 6) is -1.54. The second-order valence-corrected chi connectivity index (χ2v) is 15.6. The molecule has 2 bridgehead atoms. The molecule has 0 aliphatic carbocycles. The molecule has 9 heteroatoms. The molecule has 45 heavy (non-hydrogen) atoms. The molecule has 0 aromatic heterocycles. The third-order valence-corrected chi connectivity index (χ3v) is 12.6. The van der Waals surface area contributed by atoms with Crippen molar-refractivity contribution in [1.82, 2.24) is 14.7 Å². The maximum atomic E-state index is 14.9. The van der Waals surface area contributed by atoms with E-state index in [0.29, 0.717) is 39.0 Å². The number of likely N-dealkylation sites (tertiary alicyclic amines) is 1. The van der Waals surface area contributed by atoms with Gasteiger partial charge in [-0.05, 0) is 29.9 Å². The summed E-state index contributed by atoms with van der Waals surface area (Å²) in [5, 5.41) is 10.5. The smallest absolute Gasteiger partial charge is 0.247 e. The van der Waals surface area contributed by atoms with Crippen LogP contribution in [0.3, 0.4) is 0 Å². The first-order valence-electron chi connectivity index (χ1n) is 15.8. The highest BCUT2D eigenvalue weighted by Crippen LogP contribution is 2.68. The number of hydrogen-bond acceptors (Lipinski definition) is 5. The Labute approximate surface area is 279 Å². The lowest BCUT2D eigenvalue weighted by atomic mass is 9.70. The number of rotatable bonds is 14. The number of halogens is 1. The molecule has 7 atom stereocenters. The summed E-state index contributed by atoms with van der Waals surface area (Å²) in [5.41, 5.74) is 1.98. The summed E-state index contributed by atoms with van der Waals surface area (Å²) < 4.78 is -0.805. The molecule has 1 N–H and O–H groups in total. The Balaban J connectivity index is 1.57. The Morgan fingerprint density at radius 2 is 1.53 bits per heavy atom. The molecule has 3 aliphatic heterocycles. The molecule has 7 nitrogen and oxygen atoms in total. The van der Waals surface area contributed by atoms with Crippen molar-refractivity contribution in [2.45, 2.75) is 66.7 Å². The fraction of sp³-hybridized carbons (Fsp3) is 0.472. The predicted octanol–water partition coefficient (Wildman–Crippen LogP) is 5.29. The minimum Gasteiger partial charge on any atom is -0.394 e. The van der Waals surface area contributed by atoms with Gasteiger partial charge in [-0.3, -0.25) is 14.4 Å². The minimum absolute atomic E-state index is 0.0438. The molecule has 240 valence electrons. The minimum atomic E-state index is -0.815. The highest BCUT2D eigenvalue weighted by atomic mass is 79.9. The van der Waals surface area contributed by atoms with E-state index in [-0.39, 0.29) is 40.3 Å². The molecule has 2 aromatic rings. The van der Waals surface area contributed by atoms with Gasteiger partial charge in [0.25, 0.3) is 0 Å². The SMILES string of the molecule is C=CCN(Cc1ccccc1)C(=O)C1N([C@@H](CO)CC(C)C)C(=O)[C@@H]2[C@@H](C(=O)N(CC=C)Cc3ccccc3)[C@@H]3SC12CC3Br. The summed E-state index contributed by atoms with van der Waals surface area (Å²) in [6.07, 6.45) is 4.57. The number of thioether (sulfide) groups is 1. The average molecular weight is 695 g/mol. The molecule has 3 unspecified atom stereocenters. The number of aliphatic hydroxyl groups excluding tert-OH is 1. The lowest BCUT2D eigenvalue weighted by Gasteiger charge is -2.40. The zero-order valence-corrected chi connectivity index (χ0v) is 28.5. The van der Waals surface area contributed by atoms with Gasteiger partial charge >= 0.3 is 0 Å². The number of hydrogen-bond donors (Lipinski definition) is 1. The van der Waals surface area contributed by atoms with E-state index in [0.717, 1.165) is 11.1 Å². The van der Waals surface area contributed by atoms with Crippen molar-refractivity contribution in [1.29, 1.82) is 0 Å². The van der Waals surface area contributed by atoms with E-state index >= 15 is 0 Å². The van der Waals surface area contributed by atoms with Crippen LogP contribution in [0.5, 0.6) is 0 Å². The second kappa shape index (κ2) is 14.3. The standard InChI is InChI=1S/C36H44BrN3O4S/c1-5-17-38(21-25-13-9-7-10-14-25)33(42)29-30-34(43)40(27(23-41)19-24(3)4)32(36(30)20-28(37)31(29)45-36)35(44)39(18-6-2)22-26-15-11-8-12-16-26/h5-16,24,27-32,41H,1-2,17-23H2,3-4H3/t27-,28?,29-,30+,31-,32?,36?/m1/s1. The second-order valence-electron chi connectivity index (χ2n) is 12.9. The molecular formula is C36H44BrN3O4S. The van der Waals surface area contributed by atoms with Gasteiger partial charge in [-0.2, -0.15) is 0 Å². The lowest BCUT2D eigenvalue weighted by molar-refractivity contribution is -0.147. The quantitative estimate of drug-likeness (QED) is 0.215. The Kier molecular flexibility index (Phi) is 10.6. The van der Waals surface area contributed by atoms with Gasteiger partial charge in [0, 0.05) is 36.3 Å². The van der Waals surface area contributed by atoms with Gasteiger partial charge < -0.3 is 19.8 Å². The van der Waals surface area contributed by atoms with Gasteiger partial charge in [0.1, 0.15) is 6.04 Å². The van der Waals surface area contributed by atoms with Crippen LogP contribution >= 0.6 is 27.7 Å². The van der Waals surface area contributed by atoms with Crippen LogP contribution in [0.15, 0.2) is 86.0 Å². The van der Waals surface area contributed by atoms with Gasteiger partial charge in [-0.25, -0.2) is 0 Å². The molecule has 3 fully saturated rings. The van der Waals surface area contributed by atoms with Crippen LogP contribution in [0.1, 0.15) is 37.8 Å². The molecule has 3 saturated heterocycles. The third kappa shape index (κ3) is 6.41. The van der Waals surface area contributed by atoms with Crippen LogP contribution < -0.4 is 0 Å². The first-order valence-corrected chi connectivity index (χ1v) is 17.6. The van der Waals surface area contributed by atoms with Crippen molar-refractivity contribution in [3.8, 4) is 0 Å². The van der Waals surface area contributed by atoms with Gasteiger partial charge in [0.05, 0.1) is 29.2 Å². The Morgan fingerprint density at radius 1 is 1.00 bits per heavy atom. The first-order chi connectivity index (χ1) is 21.7. The van der Waals surface area contributed by atoms with Crippen LogP contribution in [-0.2, 0) is 27.5 Å². The molecule has 2 aromatic carbocycles. The molecule has 3 amide bonds. The Hall–Kier alpha value is -2.88. The normalized spacial score (nSPS) is 27.4. The highest BCUT2D eigenvalue weighted by Gasteiger charge is 2.76. The van der Waals surface area contributed by atoms with E-state index in [2.05, 4.69) is 42.9 Å². The fourth-order valence-corrected chi connectivity index (χ4v) is 11.2. The van der Waals surface area contributed by atoms with Crippen molar-refractivity contribution in [2.75, 3.05) is 19.7 Å². The van der Waals surface area contributed by atoms with Gasteiger partial charge in [-0.1, -0.05) is 103 Å². The van der Waals surface area contributed by atoms with E-state index < -0.39 is 28.7 Å². The van der Waals surface area contributed by atoms with E-state index in [1.54, 1.807) is 38.6 Å². The monoisotopic (exact) mass is 693 g/mol. The van der Waals surface area contributed by atoms with Crippen LogP contribution in [0, 0.1) is 17.8 Å². The number of carbonyl (C=O) groups excluding carboxylic acids is 3. The lowest BCUT2D eigenvalue weighted by Crippen LogP contribution is -2.58. The van der Waals surface area contributed by atoms with E-state index in [1.807, 2.05) is 60.7 Å². The van der Waals surface area contributed by atoms with Gasteiger partial charge in [0.2, 0.25) is 17.7 Å². The van der Waals surface area contributed by atoms with Crippen molar-refractivity contribution in [2.24, 2.45) is 17.8 Å². The van der Waals surface area contributed by atoms with Gasteiger partial charge in [0.15, 0.2) is 0 Å². The largest absolute Gasteiger partial charge is 0.394 e. The molecule has 3 heterocycles. The van der Waals surface area contributed by atoms with Crippen molar-refractivity contribution < 1.29 is 19.5 Å². The average Bonchev–Trinajstić information content (AvgIpc) is 3.63. The molecule has 0 saturated carbocycles. The zero-order valence-electron chi connectivity index (χ0n) is 26.1. The van der Waals surface area contributed by atoms with Crippen molar-refractivity contribution in [3.05, 3.63) is 97.1 Å².